The highest BCUT2D eigenvalue weighted by Crippen LogP contribution is 2.25. The fraction of sp³-hybridized carbons (Fsp3) is 0.250. The number of hydrogen-bond acceptors (Lipinski definition) is 6. The van der Waals surface area contributed by atoms with Gasteiger partial charge in [0.15, 0.2) is 0 Å². The standard InChI is InChI=1S/C16H16N6O3/c1-16(2,3)25-15(24)20-11-7-19-21(8-11)13-4-12(23)9-22-14(13)10(5-17)6-18-22/h4,6-9,23H,1-3H3,(H,20,24). The van der Waals surface area contributed by atoms with E-state index in [2.05, 4.69) is 15.5 Å². The predicted octanol–water partition coefficient (Wildman–Crippen LogP) is 2.44. The van der Waals surface area contributed by atoms with Crippen molar-refractivity contribution in [3.63, 3.8) is 0 Å². The molecule has 25 heavy (non-hydrogen) atoms. The van der Waals surface area contributed by atoms with Crippen LogP contribution in [0.15, 0.2) is 30.9 Å². The summed E-state index contributed by atoms with van der Waals surface area (Å²) in [5, 5.41) is 29.9. The fourth-order valence-corrected chi connectivity index (χ4v) is 2.28. The van der Waals surface area contributed by atoms with Crippen LogP contribution in [0.1, 0.15) is 26.3 Å². The Balaban J connectivity index is 1.95. The molecule has 3 rings (SSSR count). The van der Waals surface area contributed by atoms with Crippen LogP contribution in [0.5, 0.6) is 5.75 Å². The van der Waals surface area contributed by atoms with Crippen LogP contribution in [-0.2, 0) is 4.74 Å². The summed E-state index contributed by atoms with van der Waals surface area (Å²) in [4.78, 5) is 11.8. The summed E-state index contributed by atoms with van der Waals surface area (Å²) < 4.78 is 8.02. The van der Waals surface area contributed by atoms with Gasteiger partial charge in [0.2, 0.25) is 0 Å². The van der Waals surface area contributed by atoms with Gasteiger partial charge in [0.25, 0.3) is 0 Å². The van der Waals surface area contributed by atoms with E-state index in [4.69, 9.17) is 4.74 Å². The second-order valence-corrected chi connectivity index (χ2v) is 6.35. The van der Waals surface area contributed by atoms with E-state index in [-0.39, 0.29) is 5.75 Å². The Kier molecular flexibility index (Phi) is 3.81. The molecule has 3 aromatic rings. The molecular weight excluding hydrogens is 324 g/mol. The zero-order chi connectivity index (χ0) is 18.2. The molecule has 0 bridgehead atoms. The number of carbonyl (C=O) groups is 1. The number of aromatic hydroxyl groups is 1. The Bertz CT molecular complexity index is 990. The molecule has 0 aromatic carbocycles. The van der Waals surface area contributed by atoms with E-state index in [0.717, 1.165) is 0 Å². The van der Waals surface area contributed by atoms with E-state index in [9.17, 15) is 15.2 Å². The largest absolute Gasteiger partial charge is 0.506 e. The molecule has 0 radical (unpaired) electrons. The molecule has 0 spiro atoms. The number of nitrogens with one attached hydrogen (secondary N) is 1. The van der Waals surface area contributed by atoms with Crippen molar-refractivity contribution in [3.8, 4) is 17.5 Å². The van der Waals surface area contributed by atoms with Gasteiger partial charge in [0.05, 0.1) is 41.7 Å². The lowest BCUT2D eigenvalue weighted by Gasteiger charge is -2.19. The number of nitrogens with zero attached hydrogens (tertiary/aromatic N) is 5. The monoisotopic (exact) mass is 340 g/mol. The topological polar surface area (TPSA) is 117 Å². The molecule has 3 aromatic heterocycles. The zero-order valence-electron chi connectivity index (χ0n) is 13.9. The molecule has 2 N–H and O–H groups in total. The fourth-order valence-electron chi connectivity index (χ4n) is 2.28. The molecule has 0 aliphatic carbocycles. The van der Waals surface area contributed by atoms with E-state index in [0.29, 0.717) is 22.5 Å². The number of ether oxygens (including phenoxy) is 1. The van der Waals surface area contributed by atoms with Crippen molar-refractivity contribution < 1.29 is 14.6 Å². The predicted molar refractivity (Wildman–Crippen MR) is 88.6 cm³/mol. The Hall–Kier alpha value is -3.54. The summed E-state index contributed by atoms with van der Waals surface area (Å²) in [5.41, 5.74) is 1.08. The van der Waals surface area contributed by atoms with Gasteiger partial charge >= 0.3 is 6.09 Å². The molecule has 0 atom stereocenters. The summed E-state index contributed by atoms with van der Waals surface area (Å²) in [6, 6.07) is 3.51. The molecule has 0 fully saturated rings. The van der Waals surface area contributed by atoms with Crippen molar-refractivity contribution in [1.82, 2.24) is 19.4 Å². The molecular formula is C16H16N6O3. The number of aromatic nitrogens is 4. The third-order valence-corrected chi connectivity index (χ3v) is 3.17. The highest BCUT2D eigenvalue weighted by Gasteiger charge is 2.18. The number of nitriles is 1. The van der Waals surface area contributed by atoms with Crippen LogP contribution >= 0.6 is 0 Å². The smallest absolute Gasteiger partial charge is 0.412 e. The van der Waals surface area contributed by atoms with Gasteiger partial charge in [-0.1, -0.05) is 0 Å². The highest BCUT2D eigenvalue weighted by atomic mass is 16.6. The third kappa shape index (κ3) is 3.37. The van der Waals surface area contributed by atoms with Crippen molar-refractivity contribution in [2.45, 2.75) is 26.4 Å². The normalized spacial score (nSPS) is 11.3. The van der Waals surface area contributed by atoms with Crippen molar-refractivity contribution >= 4 is 17.3 Å². The van der Waals surface area contributed by atoms with Gasteiger partial charge in [-0.25, -0.2) is 14.0 Å². The second kappa shape index (κ2) is 5.83. The Morgan fingerprint density at radius 3 is 2.76 bits per heavy atom. The number of hydrogen-bond donors (Lipinski definition) is 2. The summed E-state index contributed by atoms with van der Waals surface area (Å²) in [5.74, 6) is -0.0350. The minimum absolute atomic E-state index is 0.0350. The maximum absolute atomic E-state index is 11.8. The molecule has 9 heteroatoms. The van der Waals surface area contributed by atoms with Crippen molar-refractivity contribution in [3.05, 3.63) is 36.4 Å². The first-order valence-electron chi connectivity index (χ1n) is 7.42. The molecule has 0 unspecified atom stereocenters. The second-order valence-electron chi connectivity index (χ2n) is 6.35. The quantitative estimate of drug-likeness (QED) is 0.740. The summed E-state index contributed by atoms with van der Waals surface area (Å²) in [6.45, 7) is 5.30. The number of rotatable bonds is 2. The molecule has 9 nitrogen and oxygen atoms in total. The summed E-state index contributed by atoms with van der Waals surface area (Å²) >= 11 is 0. The SMILES string of the molecule is CC(C)(C)OC(=O)Nc1cnn(-c2cc(O)cn3ncc(C#N)c23)c1. The van der Waals surface area contributed by atoms with Gasteiger partial charge in [-0.3, -0.25) is 5.32 Å². The maximum Gasteiger partial charge on any atom is 0.412 e. The molecule has 128 valence electrons. The van der Waals surface area contributed by atoms with Crippen LogP contribution in [0, 0.1) is 11.3 Å². The Morgan fingerprint density at radius 2 is 2.08 bits per heavy atom. The lowest BCUT2D eigenvalue weighted by Crippen LogP contribution is -2.27. The van der Waals surface area contributed by atoms with E-state index >= 15 is 0 Å². The van der Waals surface area contributed by atoms with Gasteiger partial charge in [-0.15, -0.1) is 0 Å². The van der Waals surface area contributed by atoms with Crippen molar-refractivity contribution in [1.29, 1.82) is 5.26 Å². The summed E-state index contributed by atoms with van der Waals surface area (Å²) in [7, 11) is 0. The number of anilines is 1. The number of pyridine rings is 1. The van der Waals surface area contributed by atoms with Gasteiger partial charge < -0.3 is 9.84 Å². The first-order valence-corrected chi connectivity index (χ1v) is 7.42. The molecule has 0 saturated heterocycles. The van der Waals surface area contributed by atoms with Crippen LogP contribution < -0.4 is 5.32 Å². The third-order valence-electron chi connectivity index (χ3n) is 3.17. The van der Waals surface area contributed by atoms with Crippen LogP contribution in [0.25, 0.3) is 11.2 Å². The van der Waals surface area contributed by atoms with E-state index in [1.807, 2.05) is 6.07 Å². The van der Waals surface area contributed by atoms with E-state index in [1.165, 1.54) is 33.9 Å². The molecule has 0 aliphatic rings. The van der Waals surface area contributed by atoms with Gasteiger partial charge in [-0.05, 0) is 20.8 Å². The van der Waals surface area contributed by atoms with Crippen LogP contribution in [0.3, 0.4) is 0 Å². The number of fused-ring (bicyclic) bond motifs is 1. The van der Waals surface area contributed by atoms with E-state index < -0.39 is 11.7 Å². The van der Waals surface area contributed by atoms with E-state index in [1.54, 1.807) is 27.0 Å². The number of carbonyl (C=O) groups excluding carboxylic acids is 1. The average Bonchev–Trinajstić information content (AvgIpc) is 3.10. The minimum atomic E-state index is -0.614. The Morgan fingerprint density at radius 1 is 1.32 bits per heavy atom. The van der Waals surface area contributed by atoms with Crippen molar-refractivity contribution in [2.24, 2.45) is 0 Å². The first-order chi connectivity index (χ1) is 11.8. The average molecular weight is 340 g/mol. The number of amides is 1. The van der Waals surface area contributed by atoms with Crippen LogP contribution in [0.2, 0.25) is 0 Å². The van der Waals surface area contributed by atoms with Crippen LogP contribution in [-0.4, -0.2) is 36.2 Å². The van der Waals surface area contributed by atoms with Crippen LogP contribution in [0.4, 0.5) is 10.5 Å². The molecule has 1 amide bonds. The highest BCUT2D eigenvalue weighted by molar-refractivity contribution is 5.84. The maximum atomic E-state index is 11.8. The molecule has 0 saturated carbocycles. The first kappa shape index (κ1) is 16.3. The van der Waals surface area contributed by atoms with Gasteiger partial charge in [0.1, 0.15) is 22.9 Å². The molecule has 3 heterocycles. The summed E-state index contributed by atoms with van der Waals surface area (Å²) in [6.07, 6.45) is 5.18. The lowest BCUT2D eigenvalue weighted by atomic mass is 10.2. The molecule has 0 aliphatic heterocycles. The minimum Gasteiger partial charge on any atom is -0.506 e. The lowest BCUT2D eigenvalue weighted by molar-refractivity contribution is 0.0636. The van der Waals surface area contributed by atoms with Gasteiger partial charge in [0, 0.05) is 6.07 Å². The zero-order valence-corrected chi connectivity index (χ0v) is 13.9. The Labute approximate surface area is 143 Å². The van der Waals surface area contributed by atoms with Gasteiger partial charge in [-0.2, -0.15) is 15.5 Å². The van der Waals surface area contributed by atoms with Crippen molar-refractivity contribution in [2.75, 3.05) is 5.32 Å².